The van der Waals surface area contributed by atoms with Crippen LogP contribution in [0, 0.1) is 0 Å². The van der Waals surface area contributed by atoms with Gasteiger partial charge in [0.15, 0.2) is 0 Å². The molecule has 1 aromatic heterocycles. The van der Waals surface area contributed by atoms with Crippen LogP contribution in [0.15, 0.2) is 59.1 Å². The largest absolute Gasteiger partial charge is 0.360 e. The van der Waals surface area contributed by atoms with Gasteiger partial charge in [0.1, 0.15) is 11.5 Å². The summed E-state index contributed by atoms with van der Waals surface area (Å²) in [5, 5.41) is 4.36. The van der Waals surface area contributed by atoms with Gasteiger partial charge in [-0.2, -0.15) is 0 Å². The molecular weight excluding hydrogens is 362 g/mol. The Labute approximate surface area is 171 Å². The summed E-state index contributed by atoms with van der Waals surface area (Å²) in [6.45, 7) is 6.18. The summed E-state index contributed by atoms with van der Waals surface area (Å²) in [6.07, 6.45) is 0.776. The van der Waals surface area contributed by atoms with Crippen molar-refractivity contribution in [2.45, 2.75) is 32.9 Å². The van der Waals surface area contributed by atoms with Gasteiger partial charge in [0.25, 0.3) is 0 Å². The molecule has 0 bridgehead atoms. The monoisotopic (exact) mass is 389 g/mol. The van der Waals surface area contributed by atoms with Crippen molar-refractivity contribution in [2.75, 3.05) is 20.1 Å². The molecule has 1 aliphatic rings. The maximum atomic E-state index is 12.6. The van der Waals surface area contributed by atoms with E-state index in [0.29, 0.717) is 13.1 Å². The van der Waals surface area contributed by atoms with Crippen LogP contribution in [0.1, 0.15) is 25.2 Å². The van der Waals surface area contributed by atoms with Crippen molar-refractivity contribution >= 4 is 5.91 Å². The fraction of sp³-hybridized carbons (Fsp3) is 0.333. The van der Waals surface area contributed by atoms with Crippen LogP contribution in [-0.2, 0) is 17.8 Å². The van der Waals surface area contributed by atoms with E-state index in [9.17, 15) is 4.79 Å². The molecule has 29 heavy (non-hydrogen) atoms. The van der Waals surface area contributed by atoms with Crippen molar-refractivity contribution < 1.29 is 9.32 Å². The number of rotatable bonds is 5. The highest BCUT2D eigenvalue weighted by Gasteiger charge is 2.31. The van der Waals surface area contributed by atoms with Crippen molar-refractivity contribution in [3.63, 3.8) is 0 Å². The molecule has 0 fully saturated rings. The Kier molecular flexibility index (Phi) is 5.49. The van der Waals surface area contributed by atoms with Gasteiger partial charge >= 0.3 is 0 Å². The highest BCUT2D eigenvalue weighted by atomic mass is 16.5. The smallest absolute Gasteiger partial charge is 0.239 e. The first-order chi connectivity index (χ1) is 14.1. The lowest BCUT2D eigenvalue weighted by Crippen LogP contribution is -2.47. The average molecular weight is 389 g/mol. The fourth-order valence-electron chi connectivity index (χ4n) is 3.87. The summed E-state index contributed by atoms with van der Waals surface area (Å²) >= 11 is 0. The average Bonchev–Trinajstić information content (AvgIpc) is 3.21. The first kappa shape index (κ1) is 19.4. The predicted octanol–water partition coefficient (Wildman–Crippen LogP) is 4.23. The predicted molar refractivity (Wildman–Crippen MR) is 114 cm³/mol. The van der Waals surface area contributed by atoms with Crippen LogP contribution in [0.4, 0.5) is 0 Å². The quantitative estimate of drug-likeness (QED) is 0.655. The third kappa shape index (κ3) is 3.83. The van der Waals surface area contributed by atoms with Crippen LogP contribution in [-0.4, -0.2) is 47.0 Å². The molecule has 1 atom stereocenters. The third-order valence-electron chi connectivity index (χ3n) is 5.88. The summed E-state index contributed by atoms with van der Waals surface area (Å²) in [5.74, 6) is 1.09. The van der Waals surface area contributed by atoms with E-state index in [1.807, 2.05) is 39.1 Å². The lowest BCUT2D eigenvalue weighted by Gasteiger charge is -2.33. The van der Waals surface area contributed by atoms with Gasteiger partial charge in [0.2, 0.25) is 5.91 Å². The molecule has 2 heterocycles. The highest BCUT2D eigenvalue weighted by molar-refractivity contribution is 5.81. The molecular formula is C24H27N3O2. The number of benzene rings is 2. The van der Waals surface area contributed by atoms with Crippen LogP contribution in [0.3, 0.4) is 0 Å². The molecule has 0 aliphatic carbocycles. The van der Waals surface area contributed by atoms with Gasteiger partial charge in [-0.3, -0.25) is 9.69 Å². The number of amides is 1. The van der Waals surface area contributed by atoms with Gasteiger partial charge in [-0.1, -0.05) is 59.8 Å². The van der Waals surface area contributed by atoms with Crippen molar-refractivity contribution in [3.05, 3.63) is 65.9 Å². The van der Waals surface area contributed by atoms with E-state index in [4.69, 9.17) is 4.52 Å². The van der Waals surface area contributed by atoms with E-state index in [0.717, 1.165) is 35.5 Å². The second kappa shape index (κ2) is 8.21. The zero-order valence-electron chi connectivity index (χ0n) is 17.3. The summed E-state index contributed by atoms with van der Waals surface area (Å²) < 4.78 is 5.64. The first-order valence-electron chi connectivity index (χ1n) is 10.2. The zero-order chi connectivity index (χ0) is 20.4. The van der Waals surface area contributed by atoms with E-state index in [1.54, 1.807) is 4.90 Å². The molecule has 150 valence electrons. The second-order valence-electron chi connectivity index (χ2n) is 7.63. The highest BCUT2D eigenvalue weighted by Crippen LogP contribution is 2.32. The van der Waals surface area contributed by atoms with Gasteiger partial charge in [0, 0.05) is 44.2 Å². The number of likely N-dealkylation sites (N-methyl/N-ethyl adjacent to an activating group) is 1. The minimum atomic E-state index is -0.156. The van der Waals surface area contributed by atoms with E-state index in [2.05, 4.69) is 46.5 Å². The summed E-state index contributed by atoms with van der Waals surface area (Å²) in [6, 6.07) is 18.6. The van der Waals surface area contributed by atoms with Crippen molar-refractivity contribution in [3.8, 4) is 22.4 Å². The molecule has 0 unspecified atom stereocenters. The number of nitrogens with zero attached hydrogens (tertiary/aromatic N) is 3. The Balaban J connectivity index is 1.56. The third-order valence-corrected chi connectivity index (χ3v) is 5.88. The Morgan fingerprint density at radius 2 is 1.76 bits per heavy atom. The zero-order valence-corrected chi connectivity index (χ0v) is 17.3. The van der Waals surface area contributed by atoms with E-state index in [-0.39, 0.29) is 11.9 Å². The molecule has 0 radical (unpaired) electrons. The van der Waals surface area contributed by atoms with Gasteiger partial charge in [-0.25, -0.2) is 0 Å². The maximum absolute atomic E-state index is 12.6. The Bertz CT molecular complexity index is 979. The molecule has 3 aromatic rings. The standard InChI is InChI=1S/C24H27N3O2/c1-4-26(3)24(28)17(2)27-15-14-22-21(16-27)23(25-29-22)20-12-10-19(11-13-20)18-8-6-5-7-9-18/h5-13,17H,4,14-16H2,1-3H3/t17-/m1/s1. The number of carbonyl (C=O) groups is 1. The topological polar surface area (TPSA) is 49.6 Å². The summed E-state index contributed by atoms with van der Waals surface area (Å²) in [5.41, 5.74) is 5.39. The molecule has 4 rings (SSSR count). The molecule has 0 saturated carbocycles. The van der Waals surface area contributed by atoms with Crippen molar-refractivity contribution in [1.82, 2.24) is 15.0 Å². The minimum Gasteiger partial charge on any atom is -0.360 e. The Hall–Kier alpha value is -2.92. The minimum absolute atomic E-state index is 0.154. The Morgan fingerprint density at radius 3 is 2.45 bits per heavy atom. The Morgan fingerprint density at radius 1 is 1.10 bits per heavy atom. The molecule has 0 spiro atoms. The van der Waals surface area contributed by atoms with E-state index in [1.165, 1.54) is 11.1 Å². The van der Waals surface area contributed by atoms with Crippen LogP contribution in [0.2, 0.25) is 0 Å². The maximum Gasteiger partial charge on any atom is 0.239 e. The van der Waals surface area contributed by atoms with Crippen LogP contribution in [0.25, 0.3) is 22.4 Å². The van der Waals surface area contributed by atoms with E-state index >= 15 is 0 Å². The number of hydrogen-bond acceptors (Lipinski definition) is 4. The molecule has 0 N–H and O–H groups in total. The van der Waals surface area contributed by atoms with Crippen LogP contribution >= 0.6 is 0 Å². The first-order valence-corrected chi connectivity index (χ1v) is 10.2. The number of hydrogen-bond donors (Lipinski definition) is 0. The molecule has 0 saturated heterocycles. The van der Waals surface area contributed by atoms with Gasteiger partial charge in [-0.15, -0.1) is 0 Å². The molecule has 1 amide bonds. The SMILES string of the molecule is CCN(C)C(=O)[C@@H](C)N1CCc2onc(-c3ccc(-c4ccccc4)cc3)c2C1. The van der Waals surface area contributed by atoms with Gasteiger partial charge in [-0.05, 0) is 25.0 Å². The molecule has 2 aromatic carbocycles. The van der Waals surface area contributed by atoms with Crippen molar-refractivity contribution in [1.29, 1.82) is 0 Å². The number of aromatic nitrogens is 1. The normalized spacial score (nSPS) is 15.0. The lowest BCUT2D eigenvalue weighted by molar-refractivity contribution is -0.135. The van der Waals surface area contributed by atoms with Gasteiger partial charge in [0.05, 0.1) is 6.04 Å². The fourth-order valence-corrected chi connectivity index (χ4v) is 3.87. The molecule has 5 nitrogen and oxygen atoms in total. The summed E-state index contributed by atoms with van der Waals surface area (Å²) in [4.78, 5) is 16.6. The van der Waals surface area contributed by atoms with Gasteiger partial charge < -0.3 is 9.42 Å². The number of fused-ring (bicyclic) bond motifs is 1. The van der Waals surface area contributed by atoms with Crippen molar-refractivity contribution in [2.24, 2.45) is 0 Å². The lowest BCUT2D eigenvalue weighted by atomic mass is 9.98. The van der Waals surface area contributed by atoms with E-state index < -0.39 is 0 Å². The van der Waals surface area contributed by atoms with Crippen LogP contribution in [0.5, 0.6) is 0 Å². The number of carbonyl (C=O) groups excluding carboxylic acids is 1. The molecule has 5 heteroatoms. The van der Waals surface area contributed by atoms with Crippen LogP contribution < -0.4 is 0 Å². The summed E-state index contributed by atoms with van der Waals surface area (Å²) in [7, 11) is 1.85. The second-order valence-corrected chi connectivity index (χ2v) is 7.63. The molecule has 1 aliphatic heterocycles.